The van der Waals surface area contributed by atoms with Gasteiger partial charge in [-0.3, -0.25) is 14.8 Å². The molecule has 0 radical (unpaired) electrons. The number of nitrogens with zero attached hydrogens (tertiary/aromatic N) is 4. The molecule has 1 amide bonds. The number of nitriles is 1. The van der Waals surface area contributed by atoms with E-state index in [1.54, 1.807) is 42.6 Å². The second-order valence-electron chi connectivity index (χ2n) is 10.0. The molecule has 248 valence electrons. The molecule has 0 aliphatic carbocycles. The zero-order chi connectivity index (χ0) is 35.1. The molecule has 0 spiro atoms. The fourth-order valence-electron chi connectivity index (χ4n) is 3.97. The number of aliphatic carboxylic acids is 2. The lowest BCUT2D eigenvalue weighted by atomic mass is 10.1. The second kappa shape index (κ2) is 18.2. The van der Waals surface area contributed by atoms with Gasteiger partial charge in [0.2, 0.25) is 5.91 Å². The average Bonchev–Trinajstić information content (AvgIpc) is 3.04. The number of amides is 1. The summed E-state index contributed by atoms with van der Waals surface area (Å²) in [5.74, 6) is -1.83. The lowest BCUT2D eigenvalue weighted by molar-refractivity contribution is -0.134. The number of rotatable bonds is 13. The van der Waals surface area contributed by atoms with Crippen molar-refractivity contribution >= 4 is 57.4 Å². The minimum absolute atomic E-state index is 0.280. The van der Waals surface area contributed by atoms with Crippen LogP contribution in [0.2, 0.25) is 5.02 Å². The molecule has 4 rings (SSSR count). The number of carboxylic acids is 2. The molecule has 48 heavy (non-hydrogen) atoms. The molecule has 0 saturated heterocycles. The van der Waals surface area contributed by atoms with E-state index in [0.29, 0.717) is 75.4 Å². The summed E-state index contributed by atoms with van der Waals surface area (Å²) in [6.45, 7) is 3.17. The zero-order valence-electron chi connectivity index (χ0n) is 26.3. The van der Waals surface area contributed by atoms with Gasteiger partial charge in [-0.25, -0.2) is 9.59 Å². The van der Waals surface area contributed by atoms with E-state index in [4.69, 9.17) is 31.3 Å². The third-order valence-corrected chi connectivity index (χ3v) is 6.35. The van der Waals surface area contributed by atoms with Crippen LogP contribution in [0, 0.1) is 11.3 Å². The van der Waals surface area contributed by atoms with Gasteiger partial charge in [0.05, 0.1) is 39.8 Å². The van der Waals surface area contributed by atoms with Crippen molar-refractivity contribution in [2.45, 2.75) is 13.5 Å². The van der Waals surface area contributed by atoms with Crippen molar-refractivity contribution in [2.75, 3.05) is 37.9 Å². The van der Waals surface area contributed by atoms with Gasteiger partial charge in [0.15, 0.2) is 0 Å². The molecular formula is C34H33ClN6O7. The SMILES string of the molecule is CCOc1cc2ncc(C#N)c(Nc3ccc(OCc4ccccn4)c(Cl)c3)c2cc1NC(=O)C=CCN(C)C.O=C(O)C=CC(=O)O. The third kappa shape index (κ3) is 11.4. The number of hydrogen-bond donors (Lipinski definition) is 4. The van der Waals surface area contributed by atoms with Crippen molar-refractivity contribution in [2.24, 2.45) is 0 Å². The van der Waals surface area contributed by atoms with E-state index in [1.807, 2.05) is 44.1 Å². The van der Waals surface area contributed by atoms with E-state index >= 15 is 0 Å². The highest BCUT2D eigenvalue weighted by Gasteiger charge is 2.16. The van der Waals surface area contributed by atoms with Crippen LogP contribution in [-0.2, 0) is 21.0 Å². The van der Waals surface area contributed by atoms with Crippen LogP contribution < -0.4 is 20.1 Å². The number of aromatic nitrogens is 2. The van der Waals surface area contributed by atoms with Gasteiger partial charge in [0.1, 0.15) is 24.2 Å². The van der Waals surface area contributed by atoms with E-state index in [0.717, 1.165) is 5.69 Å². The first kappa shape index (κ1) is 36.5. The second-order valence-corrected chi connectivity index (χ2v) is 10.4. The van der Waals surface area contributed by atoms with Gasteiger partial charge in [-0.05, 0) is 57.4 Å². The van der Waals surface area contributed by atoms with E-state index in [2.05, 4.69) is 26.7 Å². The van der Waals surface area contributed by atoms with Crippen molar-refractivity contribution < 1.29 is 34.1 Å². The zero-order valence-corrected chi connectivity index (χ0v) is 27.1. The van der Waals surface area contributed by atoms with Gasteiger partial charge in [-0.1, -0.05) is 23.7 Å². The molecule has 2 heterocycles. The summed E-state index contributed by atoms with van der Waals surface area (Å²) in [6.07, 6.45) is 7.56. The Morgan fingerprint density at radius 1 is 1.00 bits per heavy atom. The number of carbonyl (C=O) groups is 3. The minimum Gasteiger partial charge on any atom is -0.492 e. The first-order valence-electron chi connectivity index (χ1n) is 14.4. The molecule has 0 atom stereocenters. The number of carbonyl (C=O) groups excluding carboxylic acids is 1. The highest BCUT2D eigenvalue weighted by molar-refractivity contribution is 6.32. The summed E-state index contributed by atoms with van der Waals surface area (Å²) < 4.78 is 11.6. The van der Waals surface area contributed by atoms with Gasteiger partial charge in [0.25, 0.3) is 0 Å². The van der Waals surface area contributed by atoms with Crippen LogP contribution in [0.5, 0.6) is 11.5 Å². The molecule has 4 N–H and O–H groups in total. The number of carboxylic acid groups (broad SMARTS) is 2. The van der Waals surface area contributed by atoms with E-state index in [1.165, 1.54) is 12.3 Å². The Bertz CT molecular complexity index is 1840. The molecule has 4 aromatic rings. The minimum atomic E-state index is -1.26. The van der Waals surface area contributed by atoms with E-state index in [-0.39, 0.29) is 12.5 Å². The van der Waals surface area contributed by atoms with Gasteiger partial charge in [-0.2, -0.15) is 5.26 Å². The quantitative estimate of drug-likeness (QED) is 0.128. The molecule has 0 fully saturated rings. The van der Waals surface area contributed by atoms with Crippen molar-refractivity contribution in [1.29, 1.82) is 5.26 Å². The predicted molar refractivity (Wildman–Crippen MR) is 182 cm³/mol. The van der Waals surface area contributed by atoms with Gasteiger partial charge < -0.3 is 35.2 Å². The Labute approximate surface area is 281 Å². The number of fused-ring (bicyclic) bond motifs is 1. The van der Waals surface area contributed by atoms with E-state index < -0.39 is 11.9 Å². The van der Waals surface area contributed by atoms with Crippen LogP contribution in [0.15, 0.2) is 85.2 Å². The first-order valence-corrected chi connectivity index (χ1v) is 14.7. The number of pyridine rings is 2. The maximum Gasteiger partial charge on any atom is 0.328 e. The largest absolute Gasteiger partial charge is 0.492 e. The molecule has 13 nitrogen and oxygen atoms in total. The summed E-state index contributed by atoms with van der Waals surface area (Å²) in [5, 5.41) is 32.7. The molecule has 2 aromatic heterocycles. The highest BCUT2D eigenvalue weighted by Crippen LogP contribution is 2.37. The average molecular weight is 673 g/mol. The molecule has 0 unspecified atom stereocenters. The fourth-order valence-corrected chi connectivity index (χ4v) is 4.21. The lowest BCUT2D eigenvalue weighted by Gasteiger charge is -2.16. The molecular weight excluding hydrogens is 640 g/mol. The Morgan fingerprint density at radius 3 is 2.35 bits per heavy atom. The van der Waals surface area contributed by atoms with Crippen molar-refractivity contribution in [3.8, 4) is 17.6 Å². The molecule has 0 aliphatic rings. The van der Waals surface area contributed by atoms with Crippen LogP contribution in [0.25, 0.3) is 10.9 Å². The Balaban J connectivity index is 0.000000694. The molecule has 0 aliphatic heterocycles. The van der Waals surface area contributed by atoms with Crippen LogP contribution in [-0.4, -0.2) is 70.2 Å². The summed E-state index contributed by atoms with van der Waals surface area (Å²) in [6, 6.07) is 16.6. The molecule has 14 heteroatoms. The number of halogens is 1. The summed E-state index contributed by atoms with van der Waals surface area (Å²) >= 11 is 6.52. The molecule has 0 saturated carbocycles. The standard InChI is InChI=1S/C30H29ClN6O3.C4H4O4/c1-4-39-28-16-25-23(15-26(28)36-29(38)9-7-13-37(2)3)30(20(17-32)18-34-25)35-21-10-11-27(24(31)14-21)40-19-22-8-5-6-12-33-22;5-3(6)1-2-4(7)8/h5-12,14-16,18H,4,13,19H2,1-3H3,(H,34,35)(H,36,38);1-2H,(H,5,6)(H,7,8). The number of nitrogens with one attached hydrogen (secondary N) is 2. The van der Waals surface area contributed by atoms with Crippen molar-refractivity contribution in [1.82, 2.24) is 14.9 Å². The van der Waals surface area contributed by atoms with Gasteiger partial charge in [-0.15, -0.1) is 0 Å². The monoisotopic (exact) mass is 672 g/mol. The number of likely N-dealkylation sites (N-methyl/N-ethyl adjacent to an activating group) is 1. The highest BCUT2D eigenvalue weighted by atomic mass is 35.5. The van der Waals surface area contributed by atoms with Gasteiger partial charge >= 0.3 is 11.9 Å². The number of hydrogen-bond acceptors (Lipinski definition) is 10. The Hall–Kier alpha value is -5.97. The summed E-state index contributed by atoms with van der Waals surface area (Å²) in [5.41, 5.74) is 3.33. The number of anilines is 3. The maximum absolute atomic E-state index is 12.6. The normalized spacial score (nSPS) is 10.8. The summed E-state index contributed by atoms with van der Waals surface area (Å²) in [4.78, 5) is 42.4. The lowest BCUT2D eigenvalue weighted by Crippen LogP contribution is -2.13. The number of benzene rings is 2. The van der Waals surface area contributed by atoms with E-state index in [9.17, 15) is 19.6 Å². The molecule has 2 aromatic carbocycles. The maximum atomic E-state index is 12.6. The van der Waals surface area contributed by atoms with Crippen LogP contribution in [0.4, 0.5) is 17.1 Å². The smallest absolute Gasteiger partial charge is 0.328 e. The predicted octanol–water partition coefficient (Wildman–Crippen LogP) is 5.64. The third-order valence-electron chi connectivity index (χ3n) is 6.06. The Morgan fingerprint density at radius 2 is 1.75 bits per heavy atom. The summed E-state index contributed by atoms with van der Waals surface area (Å²) in [7, 11) is 3.84. The first-order chi connectivity index (χ1) is 23.0. The van der Waals surface area contributed by atoms with Crippen LogP contribution >= 0.6 is 11.6 Å². The van der Waals surface area contributed by atoms with Gasteiger partial charge in [0, 0.05) is 54.3 Å². The van der Waals surface area contributed by atoms with Crippen molar-refractivity contribution in [3.63, 3.8) is 0 Å². The van der Waals surface area contributed by atoms with Crippen LogP contribution in [0.1, 0.15) is 18.2 Å². The van der Waals surface area contributed by atoms with Crippen LogP contribution in [0.3, 0.4) is 0 Å². The molecule has 0 bridgehead atoms. The topological polar surface area (TPSA) is 187 Å². The number of ether oxygens (including phenoxy) is 2. The Kier molecular flexibility index (Phi) is 13.9. The van der Waals surface area contributed by atoms with Crippen molar-refractivity contribution in [3.05, 3.63) is 102 Å². The fraction of sp³-hybridized carbons (Fsp3) is 0.176.